The molecule has 1 aliphatic rings. The molecule has 2 aromatic carbocycles. The topological polar surface area (TPSA) is 49.4 Å². The Morgan fingerprint density at radius 3 is 2.62 bits per heavy atom. The summed E-state index contributed by atoms with van der Waals surface area (Å²) in [5, 5.41) is 2.61. The summed E-state index contributed by atoms with van der Waals surface area (Å²) in [6, 6.07) is 12.1. The first-order valence-electron chi connectivity index (χ1n) is 7.87. The van der Waals surface area contributed by atoms with E-state index in [9.17, 15) is 14.0 Å². The van der Waals surface area contributed by atoms with Gasteiger partial charge in [-0.3, -0.25) is 14.5 Å². The summed E-state index contributed by atoms with van der Waals surface area (Å²) in [6.45, 7) is 1.82. The summed E-state index contributed by atoms with van der Waals surface area (Å²) in [4.78, 5) is 27.3. The number of rotatable bonds is 5. The largest absolute Gasteiger partial charge is 0.367 e. The molecule has 0 aliphatic carbocycles. The van der Waals surface area contributed by atoms with Gasteiger partial charge in [0.05, 0.1) is 11.6 Å². The number of aryl methyl sites for hydroxylation is 1. The molecule has 0 unspecified atom stereocenters. The van der Waals surface area contributed by atoms with Gasteiger partial charge in [0.2, 0.25) is 0 Å². The van der Waals surface area contributed by atoms with Crippen LogP contribution in [0.3, 0.4) is 0 Å². The highest BCUT2D eigenvalue weighted by molar-refractivity contribution is 8.18. The van der Waals surface area contributed by atoms with Gasteiger partial charge < -0.3 is 5.32 Å². The van der Waals surface area contributed by atoms with Crippen molar-refractivity contribution in [3.63, 3.8) is 0 Å². The minimum absolute atomic E-state index is 0.00227. The number of nitrogens with one attached hydrogen (secondary N) is 1. The number of halogens is 1. The monoisotopic (exact) mass is 388 g/mol. The fraction of sp³-hybridized carbons (Fsp3) is 0.158. The molecule has 0 radical (unpaired) electrons. The van der Waals surface area contributed by atoms with Crippen LogP contribution in [0, 0.1) is 12.7 Å². The number of hydrogen-bond donors (Lipinski definition) is 1. The van der Waals surface area contributed by atoms with Crippen molar-refractivity contribution in [3.05, 3.63) is 64.3 Å². The lowest BCUT2D eigenvalue weighted by Gasteiger charge is -2.16. The lowest BCUT2D eigenvalue weighted by Crippen LogP contribution is -2.33. The number of imide groups is 1. The van der Waals surface area contributed by atoms with Crippen LogP contribution in [0.5, 0.6) is 0 Å². The van der Waals surface area contributed by atoms with Crippen LogP contribution < -0.4 is 5.32 Å². The molecule has 0 bridgehead atoms. The van der Waals surface area contributed by atoms with Gasteiger partial charge in [0.15, 0.2) is 0 Å². The highest BCUT2D eigenvalue weighted by atomic mass is 32.2. The summed E-state index contributed by atoms with van der Waals surface area (Å²) in [6.07, 6.45) is 3.70. The van der Waals surface area contributed by atoms with E-state index in [-0.39, 0.29) is 23.6 Å². The number of nitrogens with zero attached hydrogens (tertiary/aromatic N) is 1. The van der Waals surface area contributed by atoms with Crippen LogP contribution in [0.25, 0.3) is 6.08 Å². The predicted molar refractivity (Wildman–Crippen MR) is 106 cm³/mol. The highest BCUT2D eigenvalue weighted by Gasteiger charge is 2.34. The lowest BCUT2D eigenvalue weighted by molar-refractivity contribution is -0.122. The number of carbonyl (C=O) groups excluding carboxylic acids is 2. The Hall–Kier alpha value is -2.25. The third-order valence-corrected chi connectivity index (χ3v) is 5.57. The van der Waals surface area contributed by atoms with Crippen molar-refractivity contribution < 1.29 is 14.0 Å². The van der Waals surface area contributed by atoms with Gasteiger partial charge in [-0.1, -0.05) is 18.2 Å². The Bertz CT molecular complexity index is 882. The van der Waals surface area contributed by atoms with Gasteiger partial charge >= 0.3 is 0 Å². The maximum Gasteiger partial charge on any atom is 0.295 e. The maximum absolute atomic E-state index is 13.4. The number of carbonyl (C=O) groups is 2. The fourth-order valence-corrected chi connectivity index (χ4v) is 3.68. The minimum atomic E-state index is -0.374. The lowest BCUT2D eigenvalue weighted by atomic mass is 10.2. The summed E-state index contributed by atoms with van der Waals surface area (Å²) < 4.78 is 13.4. The van der Waals surface area contributed by atoms with Crippen molar-refractivity contribution in [2.75, 3.05) is 18.2 Å². The number of thioether (sulfide) groups is 2. The van der Waals surface area contributed by atoms with E-state index in [0.717, 1.165) is 32.7 Å². The van der Waals surface area contributed by atoms with Crippen LogP contribution >= 0.6 is 23.5 Å². The number of amides is 2. The van der Waals surface area contributed by atoms with Crippen LogP contribution in [0.2, 0.25) is 0 Å². The van der Waals surface area contributed by atoms with Gasteiger partial charge in [-0.2, -0.15) is 0 Å². The molecule has 1 N–H and O–H groups in total. The van der Waals surface area contributed by atoms with E-state index in [2.05, 4.69) is 5.32 Å². The Morgan fingerprint density at radius 2 is 1.92 bits per heavy atom. The molecule has 0 aromatic heterocycles. The molecule has 134 valence electrons. The molecule has 4 nitrogen and oxygen atoms in total. The van der Waals surface area contributed by atoms with E-state index < -0.39 is 0 Å². The van der Waals surface area contributed by atoms with Crippen LogP contribution in [0.1, 0.15) is 11.1 Å². The molecule has 0 spiro atoms. The molecule has 1 aliphatic heterocycles. The molecule has 2 aromatic rings. The van der Waals surface area contributed by atoms with E-state index in [1.54, 1.807) is 23.9 Å². The quantitative estimate of drug-likeness (QED) is 0.579. The van der Waals surface area contributed by atoms with Gasteiger partial charge in [0.25, 0.3) is 11.1 Å². The van der Waals surface area contributed by atoms with Crippen LogP contribution in [-0.4, -0.2) is 29.0 Å². The number of benzene rings is 2. The first-order valence-corrected chi connectivity index (χ1v) is 9.91. The molecule has 1 heterocycles. The predicted octanol–water partition coefficient (Wildman–Crippen LogP) is 4.96. The molecule has 7 heteroatoms. The van der Waals surface area contributed by atoms with Crippen LogP contribution in [0.4, 0.5) is 14.9 Å². The molecule has 0 saturated carbocycles. The second-order valence-corrected chi connectivity index (χ2v) is 7.55. The highest BCUT2D eigenvalue weighted by Crippen LogP contribution is 2.32. The second kappa shape index (κ2) is 7.97. The Balaban J connectivity index is 1.72. The average Bonchev–Trinajstić information content (AvgIpc) is 2.90. The van der Waals surface area contributed by atoms with Gasteiger partial charge in [0, 0.05) is 10.6 Å². The van der Waals surface area contributed by atoms with Crippen molar-refractivity contribution in [2.24, 2.45) is 0 Å². The summed E-state index contributed by atoms with van der Waals surface area (Å²) in [5.41, 5.74) is 2.26. The van der Waals surface area contributed by atoms with E-state index >= 15 is 0 Å². The summed E-state index contributed by atoms with van der Waals surface area (Å²) in [7, 11) is 0. The van der Waals surface area contributed by atoms with Gasteiger partial charge in [-0.25, -0.2) is 4.39 Å². The molecule has 3 rings (SSSR count). The molecular weight excluding hydrogens is 371 g/mol. The summed E-state index contributed by atoms with van der Waals surface area (Å²) >= 11 is 2.55. The molecule has 2 amide bonds. The molecular formula is C19H17FN2O2S2. The molecule has 0 atom stereocenters. The second-order valence-electron chi connectivity index (χ2n) is 5.68. The Morgan fingerprint density at radius 1 is 1.19 bits per heavy atom. The van der Waals surface area contributed by atoms with Crippen molar-refractivity contribution in [1.29, 1.82) is 0 Å². The maximum atomic E-state index is 13.4. The van der Waals surface area contributed by atoms with Gasteiger partial charge in [-0.15, -0.1) is 11.8 Å². The zero-order valence-electron chi connectivity index (χ0n) is 14.3. The van der Waals surface area contributed by atoms with Crippen molar-refractivity contribution in [2.45, 2.75) is 11.8 Å². The Kier molecular flexibility index (Phi) is 5.68. The first-order chi connectivity index (χ1) is 12.5. The number of hydrogen-bond acceptors (Lipinski definition) is 5. The van der Waals surface area contributed by atoms with E-state index in [4.69, 9.17) is 0 Å². The van der Waals surface area contributed by atoms with Gasteiger partial charge in [0.1, 0.15) is 5.82 Å². The molecule has 26 heavy (non-hydrogen) atoms. The minimum Gasteiger partial charge on any atom is -0.367 e. The van der Waals surface area contributed by atoms with Gasteiger partial charge in [-0.05, 0) is 66.4 Å². The van der Waals surface area contributed by atoms with E-state index in [1.807, 2.05) is 37.4 Å². The van der Waals surface area contributed by atoms with Crippen molar-refractivity contribution >= 4 is 46.4 Å². The molecule has 1 saturated heterocycles. The zero-order chi connectivity index (χ0) is 18.7. The SMILES string of the molecule is CSc1ccc(/C=C2/SC(=O)N(CNc3cc(F)ccc3C)C2=O)cc1. The standard InChI is InChI=1S/C19H17FN2O2S2/c1-12-3-6-14(20)10-16(12)21-11-22-18(23)17(26-19(22)24)9-13-4-7-15(25-2)8-5-13/h3-10,21H,11H2,1-2H3/b17-9+. The normalized spacial score (nSPS) is 15.8. The first kappa shape index (κ1) is 18.5. The smallest absolute Gasteiger partial charge is 0.295 e. The summed E-state index contributed by atoms with van der Waals surface area (Å²) in [5.74, 6) is -0.726. The van der Waals surface area contributed by atoms with E-state index in [1.165, 1.54) is 12.1 Å². The van der Waals surface area contributed by atoms with E-state index in [0.29, 0.717) is 10.6 Å². The Labute approximate surface area is 159 Å². The molecule has 1 fully saturated rings. The van der Waals surface area contributed by atoms with Crippen LogP contribution in [-0.2, 0) is 4.79 Å². The average molecular weight is 388 g/mol. The zero-order valence-corrected chi connectivity index (χ0v) is 15.9. The third-order valence-electron chi connectivity index (χ3n) is 3.91. The third kappa shape index (κ3) is 4.11. The number of anilines is 1. The van der Waals surface area contributed by atoms with Crippen molar-refractivity contribution in [3.8, 4) is 0 Å². The fourth-order valence-electron chi connectivity index (χ4n) is 2.44. The van der Waals surface area contributed by atoms with Crippen molar-refractivity contribution in [1.82, 2.24) is 4.90 Å². The van der Waals surface area contributed by atoms with Crippen LogP contribution in [0.15, 0.2) is 52.3 Å².